The third kappa shape index (κ3) is 52.2. The van der Waals surface area contributed by atoms with Gasteiger partial charge in [0.2, 0.25) is 0 Å². The molecule has 0 saturated carbocycles. The summed E-state index contributed by atoms with van der Waals surface area (Å²) in [6, 6.07) is 0. The number of aliphatic hydroxyl groups excluding tert-OH is 1. The van der Waals surface area contributed by atoms with E-state index >= 15 is 0 Å². The van der Waals surface area contributed by atoms with Crippen molar-refractivity contribution in [2.75, 3.05) is 39.6 Å². The van der Waals surface area contributed by atoms with Crippen LogP contribution in [0.1, 0.15) is 274 Å². The van der Waals surface area contributed by atoms with Crippen LogP contribution in [-0.4, -0.2) is 96.7 Å². The van der Waals surface area contributed by atoms with E-state index in [0.717, 1.165) is 109 Å². The van der Waals surface area contributed by atoms with Gasteiger partial charge in [0.15, 0.2) is 12.2 Å². The Kier molecular flexibility index (Phi) is 48.4. The van der Waals surface area contributed by atoms with Crippen LogP contribution < -0.4 is 0 Å². The van der Waals surface area contributed by atoms with Crippen LogP contribution in [0.2, 0.25) is 0 Å². The van der Waals surface area contributed by atoms with Crippen LogP contribution in [0.3, 0.4) is 0 Å². The van der Waals surface area contributed by atoms with Gasteiger partial charge >= 0.3 is 39.5 Å². The summed E-state index contributed by atoms with van der Waals surface area (Å²) in [4.78, 5) is 71.9. The van der Waals surface area contributed by atoms with E-state index in [-0.39, 0.29) is 25.7 Å². The van der Waals surface area contributed by atoms with E-state index in [4.69, 9.17) is 37.0 Å². The Hall–Kier alpha value is -1.94. The maximum Gasteiger partial charge on any atom is 0.472 e. The molecule has 0 aliphatic heterocycles. The summed E-state index contributed by atoms with van der Waals surface area (Å²) in [6.45, 7) is 13.8. The van der Waals surface area contributed by atoms with Crippen LogP contribution in [0, 0.1) is 23.7 Å². The van der Waals surface area contributed by atoms with E-state index in [1.165, 1.54) is 64.2 Å². The third-order valence-corrected chi connectivity index (χ3v) is 15.6. The van der Waals surface area contributed by atoms with Crippen molar-refractivity contribution >= 4 is 39.5 Å². The molecule has 462 valence electrons. The molecule has 0 fully saturated rings. The Morgan fingerprint density at radius 2 is 0.615 bits per heavy atom. The zero-order chi connectivity index (χ0) is 58.3. The maximum absolute atomic E-state index is 12.9. The number of phosphoric acid groups is 2. The van der Waals surface area contributed by atoms with Crippen LogP contribution in [-0.2, 0) is 65.4 Å². The SMILES string of the molecule is CCC(C)CCCCCCCCC(=O)O[C@H](COC(=O)CCCCCCCCCC(C)C)COP(=O)(O)OC[C@@H](O)COP(=O)(O)OC[C@@H](COC(=O)CCCCCCCCC(C)C)OC(=O)CCCCCCCCC(C)C. The van der Waals surface area contributed by atoms with Gasteiger partial charge in [-0.25, -0.2) is 9.13 Å². The fourth-order valence-corrected chi connectivity index (χ4v) is 10.1. The molecule has 0 aromatic rings. The molecular weight excluding hydrogens is 1040 g/mol. The van der Waals surface area contributed by atoms with Crippen LogP contribution in [0.15, 0.2) is 0 Å². The molecule has 0 spiro atoms. The first-order chi connectivity index (χ1) is 37.1. The molecule has 0 radical (unpaired) electrons. The van der Waals surface area contributed by atoms with Crippen LogP contribution in [0.5, 0.6) is 0 Å². The average molecular weight is 1160 g/mol. The lowest BCUT2D eigenvalue weighted by molar-refractivity contribution is -0.161. The van der Waals surface area contributed by atoms with Crippen LogP contribution >= 0.6 is 15.6 Å². The van der Waals surface area contributed by atoms with Crippen LogP contribution in [0.25, 0.3) is 0 Å². The zero-order valence-electron chi connectivity index (χ0n) is 50.3. The first-order valence-corrected chi connectivity index (χ1v) is 33.7. The lowest BCUT2D eigenvalue weighted by atomic mass is 10.00. The number of phosphoric ester groups is 2. The highest BCUT2D eigenvalue weighted by atomic mass is 31.2. The second-order valence-corrected chi connectivity index (χ2v) is 26.0. The smallest absolute Gasteiger partial charge is 0.462 e. The van der Waals surface area contributed by atoms with E-state index in [1.54, 1.807) is 0 Å². The van der Waals surface area contributed by atoms with Gasteiger partial charge in [-0.15, -0.1) is 0 Å². The van der Waals surface area contributed by atoms with Gasteiger partial charge in [-0.1, -0.05) is 222 Å². The predicted octanol–water partition coefficient (Wildman–Crippen LogP) is 15.4. The lowest BCUT2D eigenvalue weighted by Gasteiger charge is -2.21. The molecule has 0 saturated heterocycles. The molecule has 6 atom stereocenters. The molecule has 0 rings (SSSR count). The van der Waals surface area contributed by atoms with Gasteiger partial charge in [0.05, 0.1) is 26.4 Å². The van der Waals surface area contributed by atoms with Crippen molar-refractivity contribution in [3.05, 3.63) is 0 Å². The van der Waals surface area contributed by atoms with Crippen molar-refractivity contribution in [2.24, 2.45) is 23.7 Å². The molecule has 3 unspecified atom stereocenters. The molecule has 0 aromatic heterocycles. The minimum Gasteiger partial charge on any atom is -0.462 e. The Labute approximate surface area is 473 Å². The zero-order valence-corrected chi connectivity index (χ0v) is 52.1. The summed E-state index contributed by atoms with van der Waals surface area (Å²) >= 11 is 0. The standard InChI is InChI=1S/C59H114O17P2/c1-9-52(8)38-30-22-15-18-26-34-42-59(64)76-54(45-69-56(61)39-31-23-12-10-11-19-27-35-49(2)3)47-73-77(65,66)71-43-53(60)44-72-78(67,68)74-48-55(75-58(63)41-33-25-17-14-21-29-37-51(6)7)46-70-57(62)40-32-24-16-13-20-28-36-50(4)5/h49-55,60H,9-48H2,1-8H3,(H,65,66)(H,67,68)/t52?,53-,54-,55-/m1/s1. The number of unbranched alkanes of at least 4 members (excludes halogenated alkanes) is 21. The van der Waals surface area contributed by atoms with Crippen molar-refractivity contribution in [3.63, 3.8) is 0 Å². The second kappa shape index (κ2) is 49.7. The van der Waals surface area contributed by atoms with Crippen LogP contribution in [0.4, 0.5) is 0 Å². The largest absolute Gasteiger partial charge is 0.472 e. The molecule has 3 N–H and O–H groups in total. The summed E-state index contributed by atoms with van der Waals surface area (Å²) in [5.41, 5.74) is 0. The van der Waals surface area contributed by atoms with Gasteiger partial charge in [0.25, 0.3) is 0 Å². The van der Waals surface area contributed by atoms with E-state index < -0.39 is 97.5 Å². The van der Waals surface area contributed by atoms with Gasteiger partial charge in [-0.3, -0.25) is 37.3 Å². The van der Waals surface area contributed by atoms with Crippen molar-refractivity contribution in [3.8, 4) is 0 Å². The fraction of sp³-hybridized carbons (Fsp3) is 0.932. The first kappa shape index (κ1) is 76.1. The molecule has 78 heavy (non-hydrogen) atoms. The number of carbonyl (C=O) groups excluding carboxylic acids is 4. The van der Waals surface area contributed by atoms with Crippen molar-refractivity contribution in [2.45, 2.75) is 292 Å². The van der Waals surface area contributed by atoms with Gasteiger partial charge in [0, 0.05) is 25.7 Å². The van der Waals surface area contributed by atoms with E-state index in [1.807, 2.05) is 0 Å². The van der Waals surface area contributed by atoms with E-state index in [9.17, 15) is 43.2 Å². The number of hydrogen-bond acceptors (Lipinski definition) is 15. The fourth-order valence-electron chi connectivity index (χ4n) is 8.51. The minimum atomic E-state index is -4.94. The molecular formula is C59H114O17P2. The molecule has 0 amide bonds. The molecule has 0 bridgehead atoms. The normalized spacial score (nSPS) is 14.9. The Bertz CT molecular complexity index is 1580. The number of carbonyl (C=O) groups is 4. The maximum atomic E-state index is 12.9. The molecule has 0 aliphatic rings. The third-order valence-electron chi connectivity index (χ3n) is 13.7. The highest BCUT2D eigenvalue weighted by Crippen LogP contribution is 2.45. The van der Waals surface area contributed by atoms with Crippen molar-refractivity contribution in [1.82, 2.24) is 0 Å². The number of aliphatic hydroxyl groups is 1. The highest BCUT2D eigenvalue weighted by molar-refractivity contribution is 7.47. The molecule has 0 aliphatic carbocycles. The Morgan fingerprint density at radius 3 is 0.910 bits per heavy atom. The molecule has 19 heteroatoms. The van der Waals surface area contributed by atoms with Gasteiger partial charge in [0.1, 0.15) is 19.3 Å². The Balaban J connectivity index is 5.25. The average Bonchev–Trinajstić information content (AvgIpc) is 3.38. The topological polar surface area (TPSA) is 237 Å². The monoisotopic (exact) mass is 1160 g/mol. The quantitative estimate of drug-likeness (QED) is 0.0222. The summed E-state index contributed by atoms with van der Waals surface area (Å²) in [5.74, 6) is 0.620. The molecule has 0 heterocycles. The summed E-state index contributed by atoms with van der Waals surface area (Å²) in [5, 5.41) is 10.5. The summed E-state index contributed by atoms with van der Waals surface area (Å²) < 4.78 is 67.7. The number of esters is 4. The van der Waals surface area contributed by atoms with Crippen molar-refractivity contribution < 1.29 is 80.2 Å². The van der Waals surface area contributed by atoms with Gasteiger partial charge < -0.3 is 33.8 Å². The first-order valence-electron chi connectivity index (χ1n) is 30.7. The number of hydrogen-bond donors (Lipinski definition) is 3. The molecule has 17 nitrogen and oxygen atoms in total. The van der Waals surface area contributed by atoms with E-state index in [0.29, 0.717) is 43.4 Å². The Morgan fingerprint density at radius 1 is 0.359 bits per heavy atom. The number of rotatable bonds is 56. The van der Waals surface area contributed by atoms with Gasteiger partial charge in [-0.05, 0) is 49.4 Å². The van der Waals surface area contributed by atoms with Crippen molar-refractivity contribution in [1.29, 1.82) is 0 Å². The number of ether oxygens (including phenoxy) is 4. The predicted molar refractivity (Wildman–Crippen MR) is 307 cm³/mol. The van der Waals surface area contributed by atoms with Gasteiger partial charge in [-0.2, -0.15) is 0 Å². The summed E-state index contributed by atoms with van der Waals surface area (Å²) in [7, 11) is -9.88. The summed E-state index contributed by atoms with van der Waals surface area (Å²) in [6.07, 6.45) is 27.1. The minimum absolute atomic E-state index is 0.100. The highest BCUT2D eigenvalue weighted by Gasteiger charge is 2.30. The lowest BCUT2D eigenvalue weighted by Crippen LogP contribution is -2.30. The second-order valence-electron chi connectivity index (χ2n) is 23.1. The van der Waals surface area contributed by atoms with E-state index in [2.05, 4.69) is 55.4 Å². The molecule has 0 aromatic carbocycles.